The first-order valence-electron chi connectivity index (χ1n) is 8.40. The number of carbonyl (C=O) groups is 2. The molecule has 0 saturated heterocycles. The number of amides is 1. The van der Waals surface area contributed by atoms with E-state index in [0.29, 0.717) is 22.9 Å². The monoisotopic (exact) mass is 391 g/mol. The van der Waals surface area contributed by atoms with Crippen molar-refractivity contribution < 1.29 is 23.8 Å². The van der Waals surface area contributed by atoms with E-state index in [-0.39, 0.29) is 25.5 Å². The van der Waals surface area contributed by atoms with Crippen LogP contribution >= 0.6 is 11.6 Å². The van der Waals surface area contributed by atoms with Gasteiger partial charge in [0.15, 0.2) is 18.1 Å². The number of rotatable bonds is 9. The molecule has 0 atom stereocenters. The van der Waals surface area contributed by atoms with E-state index < -0.39 is 5.97 Å². The molecule has 0 aliphatic carbocycles. The van der Waals surface area contributed by atoms with E-state index in [9.17, 15) is 9.59 Å². The summed E-state index contributed by atoms with van der Waals surface area (Å²) in [5.74, 6) is 0.397. The molecule has 1 N–H and O–H groups in total. The summed E-state index contributed by atoms with van der Waals surface area (Å²) in [5, 5.41) is 3.24. The van der Waals surface area contributed by atoms with Gasteiger partial charge in [-0.25, -0.2) is 0 Å². The average Bonchev–Trinajstić information content (AvgIpc) is 2.69. The lowest BCUT2D eigenvalue weighted by molar-refractivity contribution is -0.148. The van der Waals surface area contributed by atoms with Gasteiger partial charge in [-0.05, 0) is 35.7 Å². The number of aryl methyl sites for hydroxylation is 1. The maximum absolute atomic E-state index is 11.8. The van der Waals surface area contributed by atoms with Crippen LogP contribution in [0.2, 0.25) is 5.02 Å². The zero-order valence-corrected chi connectivity index (χ0v) is 16.0. The van der Waals surface area contributed by atoms with Crippen LogP contribution in [-0.4, -0.2) is 32.7 Å². The Morgan fingerprint density at radius 3 is 2.48 bits per heavy atom. The predicted molar refractivity (Wildman–Crippen MR) is 102 cm³/mol. The Morgan fingerprint density at radius 2 is 1.78 bits per heavy atom. The minimum absolute atomic E-state index is 0.160. The molecule has 144 valence electrons. The predicted octanol–water partition coefficient (Wildman–Crippen LogP) is 3.15. The van der Waals surface area contributed by atoms with Crippen molar-refractivity contribution in [2.75, 3.05) is 20.8 Å². The second-order valence-electron chi connectivity index (χ2n) is 5.72. The Bertz CT molecular complexity index is 794. The molecule has 0 saturated carbocycles. The number of hydrogen-bond acceptors (Lipinski definition) is 5. The van der Waals surface area contributed by atoms with E-state index in [4.69, 9.17) is 25.8 Å². The zero-order chi connectivity index (χ0) is 19.6. The molecule has 0 heterocycles. The second kappa shape index (κ2) is 10.4. The summed E-state index contributed by atoms with van der Waals surface area (Å²) in [5.41, 5.74) is 1.71. The summed E-state index contributed by atoms with van der Waals surface area (Å²) in [7, 11) is 3.11. The molecule has 1 amide bonds. The molecule has 2 aromatic rings. The third kappa shape index (κ3) is 6.49. The molecule has 0 unspecified atom stereocenters. The maximum Gasteiger partial charge on any atom is 0.306 e. The first-order chi connectivity index (χ1) is 13.0. The molecule has 7 heteroatoms. The normalized spacial score (nSPS) is 10.2. The lowest BCUT2D eigenvalue weighted by Gasteiger charge is -2.10. The molecule has 0 radical (unpaired) electrons. The van der Waals surface area contributed by atoms with Crippen molar-refractivity contribution in [3.63, 3.8) is 0 Å². The minimum Gasteiger partial charge on any atom is -0.493 e. The number of ether oxygens (including phenoxy) is 3. The number of hydrogen-bond donors (Lipinski definition) is 1. The largest absolute Gasteiger partial charge is 0.493 e. The van der Waals surface area contributed by atoms with Crippen LogP contribution < -0.4 is 14.8 Å². The summed E-state index contributed by atoms with van der Waals surface area (Å²) in [6, 6.07) is 12.7. The molecule has 0 fully saturated rings. The smallest absolute Gasteiger partial charge is 0.306 e. The topological polar surface area (TPSA) is 73.9 Å². The Morgan fingerprint density at radius 1 is 1.04 bits per heavy atom. The van der Waals surface area contributed by atoms with E-state index in [0.717, 1.165) is 11.1 Å². The highest BCUT2D eigenvalue weighted by atomic mass is 35.5. The van der Waals surface area contributed by atoms with Gasteiger partial charge in [0.2, 0.25) is 0 Å². The first kappa shape index (κ1) is 20.6. The summed E-state index contributed by atoms with van der Waals surface area (Å²) in [6.07, 6.45) is 0.633. The van der Waals surface area contributed by atoms with Gasteiger partial charge in [-0.3, -0.25) is 9.59 Å². The lowest BCUT2D eigenvalue weighted by atomic mass is 10.1. The Balaban J connectivity index is 1.73. The summed E-state index contributed by atoms with van der Waals surface area (Å²) in [4.78, 5) is 23.6. The zero-order valence-electron chi connectivity index (χ0n) is 15.3. The number of nitrogens with one attached hydrogen (secondary N) is 1. The van der Waals surface area contributed by atoms with Gasteiger partial charge >= 0.3 is 5.97 Å². The van der Waals surface area contributed by atoms with Crippen molar-refractivity contribution in [3.8, 4) is 11.5 Å². The summed E-state index contributed by atoms with van der Waals surface area (Å²) in [6.45, 7) is -0.0447. The van der Waals surface area contributed by atoms with Gasteiger partial charge in [0, 0.05) is 18.0 Å². The fourth-order valence-electron chi connectivity index (χ4n) is 2.39. The Kier molecular flexibility index (Phi) is 7.95. The molecule has 0 aliphatic heterocycles. The molecular formula is C20H22ClNO5. The molecule has 0 bridgehead atoms. The van der Waals surface area contributed by atoms with E-state index in [1.54, 1.807) is 26.4 Å². The third-order valence-corrected chi connectivity index (χ3v) is 4.23. The van der Waals surface area contributed by atoms with Gasteiger partial charge in [0.25, 0.3) is 5.91 Å². The SMILES string of the molecule is COc1ccc(CCC(=O)OCC(=O)NCc2ccccc2Cl)cc1OC. The van der Waals surface area contributed by atoms with Crippen molar-refractivity contribution in [1.82, 2.24) is 5.32 Å². The molecule has 2 rings (SSSR count). The van der Waals surface area contributed by atoms with Gasteiger partial charge in [0.05, 0.1) is 14.2 Å². The van der Waals surface area contributed by atoms with Gasteiger partial charge in [-0.1, -0.05) is 35.9 Å². The number of methoxy groups -OCH3 is 2. The fourth-order valence-corrected chi connectivity index (χ4v) is 2.59. The maximum atomic E-state index is 11.8. The summed E-state index contributed by atoms with van der Waals surface area (Å²) >= 11 is 6.02. The van der Waals surface area contributed by atoms with E-state index in [1.165, 1.54) is 0 Å². The number of carbonyl (C=O) groups excluding carboxylic acids is 2. The van der Waals surface area contributed by atoms with Crippen molar-refractivity contribution >= 4 is 23.5 Å². The van der Waals surface area contributed by atoms with Crippen molar-refractivity contribution in [2.45, 2.75) is 19.4 Å². The van der Waals surface area contributed by atoms with Crippen LogP contribution in [0.3, 0.4) is 0 Å². The lowest BCUT2D eigenvalue weighted by Crippen LogP contribution is -2.28. The van der Waals surface area contributed by atoms with Gasteiger partial charge in [-0.2, -0.15) is 0 Å². The van der Waals surface area contributed by atoms with Crippen molar-refractivity contribution in [3.05, 3.63) is 58.6 Å². The van der Waals surface area contributed by atoms with Gasteiger partial charge in [0.1, 0.15) is 0 Å². The molecule has 0 spiro atoms. The fraction of sp³-hybridized carbons (Fsp3) is 0.300. The van der Waals surface area contributed by atoms with Crippen molar-refractivity contribution in [1.29, 1.82) is 0 Å². The van der Waals surface area contributed by atoms with E-state index in [2.05, 4.69) is 5.32 Å². The van der Waals surface area contributed by atoms with Crippen LogP contribution in [0.5, 0.6) is 11.5 Å². The highest BCUT2D eigenvalue weighted by Gasteiger charge is 2.10. The van der Waals surface area contributed by atoms with Crippen LogP contribution in [-0.2, 0) is 27.3 Å². The molecular weight excluding hydrogens is 370 g/mol. The second-order valence-corrected chi connectivity index (χ2v) is 6.13. The number of esters is 1. The quantitative estimate of drug-likeness (QED) is 0.665. The summed E-state index contributed by atoms with van der Waals surface area (Å²) < 4.78 is 15.4. The highest BCUT2D eigenvalue weighted by Crippen LogP contribution is 2.27. The Hall–Kier alpha value is -2.73. The van der Waals surface area contributed by atoms with Crippen LogP contribution in [0.15, 0.2) is 42.5 Å². The molecule has 27 heavy (non-hydrogen) atoms. The molecule has 0 aromatic heterocycles. The average molecular weight is 392 g/mol. The Labute approximate surface area is 163 Å². The van der Waals surface area contributed by atoms with Gasteiger partial charge < -0.3 is 19.5 Å². The van der Waals surface area contributed by atoms with Crippen molar-refractivity contribution in [2.24, 2.45) is 0 Å². The van der Waals surface area contributed by atoms with Gasteiger partial charge in [-0.15, -0.1) is 0 Å². The van der Waals surface area contributed by atoms with Crippen LogP contribution in [0.25, 0.3) is 0 Å². The number of benzene rings is 2. The standard InChI is InChI=1S/C20H22ClNO5/c1-25-17-9-7-14(11-18(17)26-2)8-10-20(24)27-13-19(23)22-12-15-5-3-4-6-16(15)21/h3-7,9,11H,8,10,12-13H2,1-2H3,(H,22,23). The van der Waals surface area contributed by atoms with E-state index >= 15 is 0 Å². The third-order valence-electron chi connectivity index (χ3n) is 3.86. The first-order valence-corrected chi connectivity index (χ1v) is 8.78. The molecule has 0 aliphatic rings. The van der Waals surface area contributed by atoms with E-state index in [1.807, 2.05) is 30.3 Å². The number of halogens is 1. The minimum atomic E-state index is -0.447. The molecule has 6 nitrogen and oxygen atoms in total. The van der Waals surface area contributed by atoms with Crippen LogP contribution in [0.1, 0.15) is 17.5 Å². The van der Waals surface area contributed by atoms with Crippen LogP contribution in [0.4, 0.5) is 0 Å². The van der Waals surface area contributed by atoms with Crippen LogP contribution in [0, 0.1) is 0 Å². The molecule has 2 aromatic carbocycles. The highest BCUT2D eigenvalue weighted by molar-refractivity contribution is 6.31.